The molecule has 1 saturated carbocycles. The topological polar surface area (TPSA) is 95.0 Å². The summed E-state index contributed by atoms with van der Waals surface area (Å²) in [6.45, 7) is 3.50. The molecule has 6 rings (SSSR count). The van der Waals surface area contributed by atoms with E-state index < -0.39 is 30.3 Å². The van der Waals surface area contributed by atoms with E-state index in [0.29, 0.717) is 52.0 Å². The summed E-state index contributed by atoms with van der Waals surface area (Å²) in [6.07, 6.45) is -1.12. The number of fused-ring (bicyclic) bond motifs is 1. The predicted octanol–water partition coefficient (Wildman–Crippen LogP) is 6.03. The zero-order valence-electron chi connectivity index (χ0n) is 23.0. The molecule has 0 radical (unpaired) electrons. The fourth-order valence-electron chi connectivity index (χ4n) is 5.37. The maximum absolute atomic E-state index is 13.3. The number of H-pyrrole nitrogens is 1. The number of nitrogens with zero attached hydrogens (tertiary/aromatic N) is 6. The van der Waals surface area contributed by atoms with Crippen LogP contribution < -0.4 is 5.32 Å². The van der Waals surface area contributed by atoms with Crippen molar-refractivity contribution in [2.24, 2.45) is 5.92 Å². The third kappa shape index (κ3) is 6.44. The van der Waals surface area contributed by atoms with Crippen LogP contribution in [0.1, 0.15) is 31.4 Å². The molecule has 1 aromatic carbocycles. The number of hydrogen-bond acceptors (Lipinski definition) is 6. The Morgan fingerprint density at radius 2 is 1.95 bits per heavy atom. The van der Waals surface area contributed by atoms with Gasteiger partial charge >= 0.3 is 6.18 Å². The number of imidazole rings is 1. The van der Waals surface area contributed by atoms with Gasteiger partial charge in [-0.25, -0.2) is 18.7 Å². The average molecular weight is 623 g/mol. The SMILES string of the molecule is CC(c1ccnc(Nc2nc3ccc(-c4cnn(CC5CC5(F)F)c4)c(Cl)c3[nH]2)c1)N1CCN(C(=O)CC(F)(F)F)CC1. The molecule has 2 N–H and O–H groups in total. The summed E-state index contributed by atoms with van der Waals surface area (Å²) in [6, 6.07) is 7.27. The molecule has 9 nitrogen and oxygen atoms in total. The third-order valence-electron chi connectivity index (χ3n) is 7.98. The normalized spacial score (nSPS) is 19.5. The molecule has 2 fully saturated rings. The van der Waals surface area contributed by atoms with Crippen LogP contribution in [0.4, 0.5) is 33.7 Å². The maximum atomic E-state index is 13.3. The molecule has 4 heterocycles. The van der Waals surface area contributed by atoms with E-state index in [1.54, 1.807) is 30.7 Å². The van der Waals surface area contributed by atoms with Gasteiger partial charge < -0.3 is 15.2 Å². The fraction of sp³-hybridized carbons (Fsp3) is 0.429. The van der Waals surface area contributed by atoms with Crippen molar-refractivity contribution >= 4 is 40.3 Å². The first-order valence-corrected chi connectivity index (χ1v) is 14.1. The Balaban J connectivity index is 1.11. The number of anilines is 2. The van der Waals surface area contributed by atoms with E-state index in [-0.39, 0.29) is 32.1 Å². The highest BCUT2D eigenvalue weighted by Gasteiger charge is 2.56. The van der Waals surface area contributed by atoms with Crippen LogP contribution in [0.3, 0.4) is 0 Å². The van der Waals surface area contributed by atoms with Gasteiger partial charge in [0.15, 0.2) is 0 Å². The molecule has 0 bridgehead atoms. The van der Waals surface area contributed by atoms with Gasteiger partial charge in [0.25, 0.3) is 5.92 Å². The van der Waals surface area contributed by atoms with Gasteiger partial charge in [0.05, 0.1) is 22.3 Å². The zero-order chi connectivity index (χ0) is 30.5. The van der Waals surface area contributed by atoms with Crippen LogP contribution in [0.25, 0.3) is 22.2 Å². The summed E-state index contributed by atoms with van der Waals surface area (Å²) in [5.74, 6) is -3.27. The summed E-state index contributed by atoms with van der Waals surface area (Å²) < 4.78 is 65.9. The number of pyridine rings is 1. The van der Waals surface area contributed by atoms with Gasteiger partial charge in [0.1, 0.15) is 12.2 Å². The van der Waals surface area contributed by atoms with Crippen molar-refractivity contribution in [2.75, 3.05) is 31.5 Å². The molecule has 228 valence electrons. The molecule has 1 saturated heterocycles. The van der Waals surface area contributed by atoms with E-state index >= 15 is 0 Å². The number of aromatic amines is 1. The number of nitrogens with one attached hydrogen (secondary N) is 2. The minimum atomic E-state index is -4.51. The van der Waals surface area contributed by atoms with Crippen LogP contribution in [0.5, 0.6) is 0 Å². The molecule has 15 heteroatoms. The first-order chi connectivity index (χ1) is 20.4. The molecule has 2 atom stereocenters. The Hall–Kier alpha value is -3.78. The van der Waals surface area contributed by atoms with Gasteiger partial charge in [0.2, 0.25) is 11.9 Å². The fourth-order valence-corrected chi connectivity index (χ4v) is 5.69. The number of aromatic nitrogens is 5. The Morgan fingerprint density at radius 3 is 2.65 bits per heavy atom. The highest BCUT2D eigenvalue weighted by molar-refractivity contribution is 6.37. The molecular weight excluding hydrogens is 595 g/mol. The van der Waals surface area contributed by atoms with Crippen LogP contribution in [0.15, 0.2) is 42.9 Å². The Kier molecular flexibility index (Phi) is 7.53. The van der Waals surface area contributed by atoms with E-state index in [9.17, 15) is 26.7 Å². The number of hydrogen-bond donors (Lipinski definition) is 2. The predicted molar refractivity (Wildman–Crippen MR) is 150 cm³/mol. The van der Waals surface area contributed by atoms with E-state index in [4.69, 9.17) is 11.6 Å². The van der Waals surface area contributed by atoms with E-state index in [0.717, 1.165) is 5.56 Å². The Bertz CT molecular complexity index is 1650. The molecule has 4 aromatic rings. The summed E-state index contributed by atoms with van der Waals surface area (Å²) in [5, 5.41) is 7.79. The molecular formula is C28H28ClF5N8O. The summed E-state index contributed by atoms with van der Waals surface area (Å²) in [4.78, 5) is 27.4. The van der Waals surface area contributed by atoms with Crippen LogP contribution in [0.2, 0.25) is 5.02 Å². The molecule has 2 aliphatic rings. The van der Waals surface area contributed by atoms with Gasteiger partial charge in [0, 0.05) is 74.6 Å². The molecule has 1 amide bonds. The van der Waals surface area contributed by atoms with Crippen LogP contribution >= 0.6 is 11.6 Å². The van der Waals surface area contributed by atoms with Crippen LogP contribution in [0, 0.1) is 5.92 Å². The molecule has 43 heavy (non-hydrogen) atoms. The monoisotopic (exact) mass is 622 g/mol. The van der Waals surface area contributed by atoms with Crippen molar-refractivity contribution in [2.45, 2.75) is 44.5 Å². The lowest BCUT2D eigenvalue weighted by Crippen LogP contribution is -2.50. The molecule has 2 unspecified atom stereocenters. The van der Waals surface area contributed by atoms with E-state index in [1.165, 1.54) is 9.58 Å². The summed E-state index contributed by atoms with van der Waals surface area (Å²) >= 11 is 6.72. The second-order valence-corrected chi connectivity index (χ2v) is 11.4. The highest BCUT2D eigenvalue weighted by atomic mass is 35.5. The van der Waals surface area contributed by atoms with Crippen molar-refractivity contribution in [3.8, 4) is 11.1 Å². The second kappa shape index (κ2) is 11.1. The summed E-state index contributed by atoms with van der Waals surface area (Å²) in [7, 11) is 0. The number of alkyl halides is 5. The van der Waals surface area contributed by atoms with Crippen molar-refractivity contribution in [1.82, 2.24) is 34.5 Å². The minimum Gasteiger partial charge on any atom is -0.340 e. The Morgan fingerprint density at radius 1 is 1.21 bits per heavy atom. The smallest absolute Gasteiger partial charge is 0.340 e. The van der Waals surface area contributed by atoms with Crippen LogP contribution in [-0.2, 0) is 11.3 Å². The van der Waals surface area contributed by atoms with E-state index in [2.05, 4.69) is 30.3 Å². The molecule has 0 spiro atoms. The first kappa shape index (κ1) is 29.3. The number of piperazine rings is 1. The lowest BCUT2D eigenvalue weighted by Gasteiger charge is -2.38. The van der Waals surface area contributed by atoms with Gasteiger partial charge in [-0.1, -0.05) is 17.7 Å². The largest absolute Gasteiger partial charge is 0.397 e. The standard InChI is InChI=1S/C28H28ClF5N8O/c1-16(40-6-8-41(9-7-40)23(43)12-28(32,33)34)17-4-5-35-22(10-17)38-26-37-21-3-2-20(24(29)25(21)39-26)18-13-36-42(14-18)15-19-11-27(19,30)31/h2-5,10,13-14,16,19H,6-9,11-12,15H2,1H3,(H2,35,37,38,39). The lowest BCUT2D eigenvalue weighted by atomic mass is 10.1. The van der Waals surface area contributed by atoms with Gasteiger partial charge in [-0.3, -0.25) is 14.4 Å². The van der Waals surface area contributed by atoms with Crippen molar-refractivity contribution < 1.29 is 26.7 Å². The second-order valence-electron chi connectivity index (χ2n) is 11.0. The first-order valence-electron chi connectivity index (χ1n) is 13.8. The number of benzene rings is 1. The molecule has 1 aliphatic heterocycles. The van der Waals surface area contributed by atoms with Gasteiger partial charge in [-0.15, -0.1) is 0 Å². The number of carbonyl (C=O) groups is 1. The maximum Gasteiger partial charge on any atom is 0.397 e. The van der Waals surface area contributed by atoms with Gasteiger partial charge in [-0.05, 0) is 30.7 Å². The number of halogens is 6. The lowest BCUT2D eigenvalue weighted by molar-refractivity contribution is -0.162. The number of carbonyl (C=O) groups excluding carboxylic acids is 1. The quantitative estimate of drug-likeness (QED) is 0.233. The van der Waals surface area contributed by atoms with Crippen molar-refractivity contribution in [3.63, 3.8) is 0 Å². The zero-order valence-corrected chi connectivity index (χ0v) is 23.8. The number of rotatable bonds is 8. The Labute approximate surface area is 248 Å². The van der Waals surface area contributed by atoms with Crippen molar-refractivity contribution in [3.05, 3.63) is 53.4 Å². The molecule has 1 aliphatic carbocycles. The minimum absolute atomic E-state index is 0.0665. The molecule has 3 aromatic heterocycles. The average Bonchev–Trinajstić information content (AvgIpc) is 3.28. The van der Waals surface area contributed by atoms with E-state index in [1.807, 2.05) is 19.1 Å². The van der Waals surface area contributed by atoms with Crippen LogP contribution in [-0.4, -0.2) is 78.7 Å². The number of amides is 1. The highest BCUT2D eigenvalue weighted by Crippen LogP contribution is 2.49. The van der Waals surface area contributed by atoms with Crippen molar-refractivity contribution in [1.29, 1.82) is 0 Å². The summed E-state index contributed by atoms with van der Waals surface area (Å²) in [5.41, 5.74) is 3.53. The van der Waals surface area contributed by atoms with Gasteiger partial charge in [-0.2, -0.15) is 18.3 Å². The third-order valence-corrected chi connectivity index (χ3v) is 8.37.